The van der Waals surface area contributed by atoms with Crippen LogP contribution >= 0.6 is 11.8 Å². The van der Waals surface area contributed by atoms with E-state index in [1.54, 1.807) is 18.8 Å². The molecule has 0 radical (unpaired) electrons. The second kappa shape index (κ2) is 11.5. The van der Waals surface area contributed by atoms with Gasteiger partial charge in [0.25, 0.3) is 5.91 Å². The van der Waals surface area contributed by atoms with Crippen LogP contribution < -0.4 is 5.32 Å². The number of hydrogen-bond acceptors (Lipinski definition) is 3. The predicted octanol–water partition coefficient (Wildman–Crippen LogP) is 4.10. The highest BCUT2D eigenvalue weighted by Gasteiger charge is 2.12. The van der Waals surface area contributed by atoms with Gasteiger partial charge in [-0.2, -0.15) is 0 Å². The molecule has 0 aliphatic heterocycles. The summed E-state index contributed by atoms with van der Waals surface area (Å²) >= 11 is 1.75. The van der Waals surface area contributed by atoms with E-state index in [-0.39, 0.29) is 5.91 Å². The number of nitrogens with one attached hydrogen (secondary N) is 1. The van der Waals surface area contributed by atoms with Crippen molar-refractivity contribution in [3.63, 3.8) is 0 Å². The average Bonchev–Trinajstić information content (AvgIpc) is 2.76. The maximum Gasteiger partial charge on any atom is 0.253 e. The highest BCUT2D eigenvalue weighted by atomic mass is 32.2. The molecule has 0 spiro atoms. The van der Waals surface area contributed by atoms with Gasteiger partial charge in [-0.05, 0) is 55.5 Å². The summed E-state index contributed by atoms with van der Waals surface area (Å²) in [5, 5.41) is 3.40. The fourth-order valence-electron chi connectivity index (χ4n) is 3.10. The van der Waals surface area contributed by atoms with Crippen molar-refractivity contribution in [2.45, 2.75) is 31.8 Å². The van der Waals surface area contributed by atoms with Crippen LogP contribution in [-0.2, 0) is 13.1 Å². The first-order valence-corrected chi connectivity index (χ1v) is 11.2. The van der Waals surface area contributed by atoms with Crippen molar-refractivity contribution in [1.29, 1.82) is 0 Å². The summed E-state index contributed by atoms with van der Waals surface area (Å²) in [5.41, 5.74) is 3.08. The lowest BCUT2D eigenvalue weighted by molar-refractivity contribution is 0.0773. The molecular formula is C23H32N4OS. The summed E-state index contributed by atoms with van der Waals surface area (Å²) in [5.74, 6) is 0.916. The van der Waals surface area contributed by atoms with Crippen LogP contribution in [0.15, 0.2) is 58.4 Å². The Morgan fingerprint density at radius 2 is 1.59 bits per heavy atom. The number of carbonyl (C=O) groups is 1. The molecule has 2 aromatic rings. The Morgan fingerprint density at radius 3 is 2.10 bits per heavy atom. The van der Waals surface area contributed by atoms with Crippen LogP contribution in [0.5, 0.6) is 0 Å². The topological polar surface area (TPSA) is 47.9 Å². The van der Waals surface area contributed by atoms with Crippen molar-refractivity contribution < 1.29 is 4.79 Å². The third kappa shape index (κ3) is 6.53. The molecule has 0 aromatic heterocycles. The van der Waals surface area contributed by atoms with E-state index >= 15 is 0 Å². The molecule has 0 atom stereocenters. The van der Waals surface area contributed by atoms with Gasteiger partial charge in [0.2, 0.25) is 0 Å². The van der Waals surface area contributed by atoms with Gasteiger partial charge < -0.3 is 15.1 Å². The van der Waals surface area contributed by atoms with Crippen molar-refractivity contribution in [3.05, 3.63) is 65.2 Å². The van der Waals surface area contributed by atoms with E-state index < -0.39 is 0 Å². The smallest absolute Gasteiger partial charge is 0.253 e. The number of benzene rings is 2. The molecule has 5 nitrogen and oxygen atoms in total. The molecule has 6 heteroatoms. The van der Waals surface area contributed by atoms with E-state index in [1.807, 2.05) is 50.1 Å². The van der Waals surface area contributed by atoms with Crippen molar-refractivity contribution in [2.24, 2.45) is 4.99 Å². The normalized spacial score (nSPS) is 11.3. The van der Waals surface area contributed by atoms with Gasteiger partial charge in [0.15, 0.2) is 5.96 Å². The molecule has 2 aromatic carbocycles. The van der Waals surface area contributed by atoms with Crippen LogP contribution in [0, 0.1) is 0 Å². The van der Waals surface area contributed by atoms with Gasteiger partial charge in [0.05, 0.1) is 0 Å². The molecule has 0 unspecified atom stereocenters. The Bertz CT molecular complexity index is 799. The molecule has 156 valence electrons. The maximum absolute atomic E-state index is 12.4. The Labute approximate surface area is 179 Å². The standard InChI is InChI=1S/C23H32N4OS/c1-6-27(7-2)22(28)20-12-8-18(9-13-20)16-25-23(24-3)26(4)17-19-10-14-21(29-5)15-11-19/h8-15H,6-7,16-17H2,1-5H3,(H,24,25). The van der Waals surface area contributed by atoms with Gasteiger partial charge in [-0.15, -0.1) is 11.8 Å². The van der Waals surface area contributed by atoms with Crippen LogP contribution in [0.2, 0.25) is 0 Å². The van der Waals surface area contributed by atoms with Crippen LogP contribution in [0.4, 0.5) is 0 Å². The number of carbonyl (C=O) groups excluding carboxylic acids is 1. The first kappa shape index (κ1) is 22.8. The zero-order valence-corrected chi connectivity index (χ0v) is 18.9. The van der Waals surface area contributed by atoms with E-state index in [0.29, 0.717) is 6.54 Å². The summed E-state index contributed by atoms with van der Waals surface area (Å²) in [6.45, 7) is 6.88. The maximum atomic E-state index is 12.4. The number of thioether (sulfide) groups is 1. The van der Waals surface area contributed by atoms with E-state index in [9.17, 15) is 4.79 Å². The molecule has 2 rings (SSSR count). The Hall–Kier alpha value is -2.47. The number of amides is 1. The van der Waals surface area contributed by atoms with E-state index in [4.69, 9.17) is 0 Å². The van der Waals surface area contributed by atoms with E-state index in [0.717, 1.165) is 36.7 Å². The molecule has 0 fully saturated rings. The fraction of sp³-hybridized carbons (Fsp3) is 0.391. The molecule has 0 bridgehead atoms. The molecule has 0 saturated carbocycles. The molecule has 1 amide bonds. The SMILES string of the molecule is CCN(CC)C(=O)c1ccc(CNC(=NC)N(C)Cc2ccc(SC)cc2)cc1. The molecule has 0 saturated heterocycles. The number of hydrogen-bond donors (Lipinski definition) is 1. The third-order valence-corrected chi connectivity index (χ3v) is 5.60. The van der Waals surface area contributed by atoms with Crippen molar-refractivity contribution >= 4 is 23.6 Å². The zero-order valence-electron chi connectivity index (χ0n) is 18.1. The second-order valence-electron chi connectivity index (χ2n) is 6.78. The van der Waals surface area contributed by atoms with Gasteiger partial charge >= 0.3 is 0 Å². The molecule has 0 heterocycles. The minimum absolute atomic E-state index is 0.0811. The summed E-state index contributed by atoms with van der Waals surface area (Å²) < 4.78 is 0. The van der Waals surface area contributed by atoms with Crippen molar-refractivity contribution in [3.8, 4) is 0 Å². The zero-order chi connectivity index (χ0) is 21.2. The number of aliphatic imine (C=N–C) groups is 1. The predicted molar refractivity (Wildman–Crippen MR) is 124 cm³/mol. The van der Waals surface area contributed by atoms with Crippen LogP contribution in [0.25, 0.3) is 0 Å². The average molecular weight is 413 g/mol. The summed E-state index contributed by atoms with van der Waals surface area (Å²) in [6.07, 6.45) is 2.08. The third-order valence-electron chi connectivity index (χ3n) is 4.85. The summed E-state index contributed by atoms with van der Waals surface area (Å²) in [7, 11) is 3.82. The Balaban J connectivity index is 1.93. The Kier molecular flexibility index (Phi) is 9.06. The van der Waals surface area contributed by atoms with Gasteiger partial charge in [0, 0.05) is 50.7 Å². The monoisotopic (exact) mass is 412 g/mol. The Morgan fingerprint density at radius 1 is 1.00 bits per heavy atom. The van der Waals surface area contributed by atoms with Gasteiger partial charge in [0.1, 0.15) is 0 Å². The van der Waals surface area contributed by atoms with Gasteiger partial charge in [-0.1, -0.05) is 24.3 Å². The second-order valence-corrected chi connectivity index (χ2v) is 7.66. The molecular weight excluding hydrogens is 380 g/mol. The number of rotatable bonds is 8. The summed E-state index contributed by atoms with van der Waals surface area (Å²) in [4.78, 5) is 22.0. The first-order chi connectivity index (χ1) is 14.0. The van der Waals surface area contributed by atoms with Crippen LogP contribution in [0.3, 0.4) is 0 Å². The first-order valence-electron chi connectivity index (χ1n) is 9.95. The van der Waals surface area contributed by atoms with E-state index in [1.165, 1.54) is 10.5 Å². The molecule has 0 aliphatic carbocycles. The van der Waals surface area contributed by atoms with Crippen LogP contribution in [-0.4, -0.2) is 55.1 Å². The number of nitrogens with zero attached hydrogens (tertiary/aromatic N) is 3. The summed E-state index contributed by atoms with van der Waals surface area (Å²) in [6, 6.07) is 16.4. The lowest BCUT2D eigenvalue weighted by Gasteiger charge is -2.22. The van der Waals surface area contributed by atoms with Gasteiger partial charge in [-0.3, -0.25) is 9.79 Å². The largest absolute Gasteiger partial charge is 0.352 e. The van der Waals surface area contributed by atoms with Crippen molar-refractivity contribution in [1.82, 2.24) is 15.1 Å². The highest BCUT2D eigenvalue weighted by Crippen LogP contribution is 2.15. The minimum Gasteiger partial charge on any atom is -0.352 e. The van der Waals surface area contributed by atoms with E-state index in [2.05, 4.69) is 45.7 Å². The quantitative estimate of drug-likeness (QED) is 0.403. The van der Waals surface area contributed by atoms with Crippen LogP contribution in [0.1, 0.15) is 35.3 Å². The molecule has 1 N–H and O–H groups in total. The minimum atomic E-state index is 0.0811. The number of guanidine groups is 1. The van der Waals surface area contributed by atoms with Crippen molar-refractivity contribution in [2.75, 3.05) is 33.4 Å². The fourth-order valence-corrected chi connectivity index (χ4v) is 3.51. The van der Waals surface area contributed by atoms with Gasteiger partial charge in [-0.25, -0.2) is 0 Å². The lowest BCUT2D eigenvalue weighted by atomic mass is 10.1. The molecule has 0 aliphatic rings. The lowest BCUT2D eigenvalue weighted by Crippen LogP contribution is -2.38. The highest BCUT2D eigenvalue weighted by molar-refractivity contribution is 7.98. The molecule has 29 heavy (non-hydrogen) atoms.